The molecule has 0 unspecified atom stereocenters. The summed E-state index contributed by atoms with van der Waals surface area (Å²) in [6.07, 6.45) is 6.12. The first-order valence-electron chi connectivity index (χ1n) is 14.8. The molecular weight excluding hydrogens is 598 g/mol. The number of ether oxygens (including phenoxy) is 2. The van der Waals surface area contributed by atoms with Crippen LogP contribution in [0.5, 0.6) is 17.4 Å². The largest absolute Gasteiger partial charge is 0.491 e. The van der Waals surface area contributed by atoms with Gasteiger partial charge in [-0.1, -0.05) is 26.7 Å². The lowest BCUT2D eigenvalue weighted by molar-refractivity contribution is 0.101. The highest BCUT2D eigenvalue weighted by molar-refractivity contribution is 6.01. The first-order chi connectivity index (χ1) is 22.3. The number of nitrogens with one attached hydrogen (secondary N) is 3. The van der Waals surface area contributed by atoms with Crippen LogP contribution >= 0.6 is 0 Å². The fraction of sp³-hybridized carbons (Fsp3) is 0.250. The highest BCUT2D eigenvalue weighted by atomic mass is 19.1. The van der Waals surface area contributed by atoms with Crippen molar-refractivity contribution < 1.29 is 27.8 Å². The second-order valence-corrected chi connectivity index (χ2v) is 10.2. The van der Waals surface area contributed by atoms with Crippen molar-refractivity contribution in [2.75, 3.05) is 23.8 Å². The summed E-state index contributed by atoms with van der Waals surface area (Å²) in [7, 11) is 0. The molecule has 0 radical (unpaired) electrons. The van der Waals surface area contributed by atoms with Gasteiger partial charge in [-0.05, 0) is 55.3 Å². The van der Waals surface area contributed by atoms with Gasteiger partial charge in [0.1, 0.15) is 24.2 Å². The van der Waals surface area contributed by atoms with Crippen LogP contribution in [-0.4, -0.2) is 49.8 Å². The van der Waals surface area contributed by atoms with Crippen molar-refractivity contribution in [1.29, 1.82) is 0 Å². The molecule has 2 heterocycles. The van der Waals surface area contributed by atoms with Gasteiger partial charge in [-0.3, -0.25) is 4.79 Å². The minimum atomic E-state index is -0.775. The third-order valence-corrected chi connectivity index (χ3v) is 6.70. The fourth-order valence-corrected chi connectivity index (χ4v) is 4.27. The Morgan fingerprint density at radius 3 is 2.46 bits per heavy atom. The van der Waals surface area contributed by atoms with Gasteiger partial charge in [-0.2, -0.15) is 0 Å². The van der Waals surface area contributed by atoms with Crippen LogP contribution in [0.3, 0.4) is 0 Å². The number of anilines is 2. The van der Waals surface area contributed by atoms with Crippen molar-refractivity contribution in [2.45, 2.75) is 39.5 Å². The van der Waals surface area contributed by atoms with E-state index in [1.165, 1.54) is 53.7 Å². The summed E-state index contributed by atoms with van der Waals surface area (Å²) >= 11 is 0. The Bertz CT molecular complexity index is 1830. The van der Waals surface area contributed by atoms with Crippen molar-refractivity contribution in [3.8, 4) is 23.1 Å². The third kappa shape index (κ3) is 7.88. The van der Waals surface area contributed by atoms with E-state index in [9.17, 15) is 14.0 Å². The molecular formula is C32H32F2N8O4. The highest BCUT2D eigenvalue weighted by Gasteiger charge is 2.18. The highest BCUT2D eigenvalue weighted by Crippen LogP contribution is 2.36. The molecule has 46 heavy (non-hydrogen) atoms. The molecule has 0 fully saturated rings. The number of urea groups is 1. The zero-order valence-corrected chi connectivity index (χ0v) is 25.2. The lowest BCUT2D eigenvalue weighted by Gasteiger charge is -2.15. The van der Waals surface area contributed by atoms with E-state index in [0.29, 0.717) is 41.2 Å². The molecule has 2 aromatic heterocycles. The number of nitrogens with zero attached hydrogens (tertiary/aromatic N) is 5. The van der Waals surface area contributed by atoms with Crippen LogP contribution in [0.1, 0.15) is 50.1 Å². The van der Waals surface area contributed by atoms with Crippen molar-refractivity contribution in [3.63, 3.8) is 0 Å². The second-order valence-electron chi connectivity index (χ2n) is 10.2. The molecule has 0 aliphatic rings. The maximum absolute atomic E-state index is 15.2. The zero-order chi connectivity index (χ0) is 32.5. The Balaban J connectivity index is 1.33. The van der Waals surface area contributed by atoms with Crippen molar-refractivity contribution in [2.24, 2.45) is 0 Å². The normalized spacial score (nSPS) is 10.9. The Hall–Kier alpha value is -5.66. The van der Waals surface area contributed by atoms with Gasteiger partial charge in [0, 0.05) is 24.4 Å². The average Bonchev–Trinajstić information content (AvgIpc) is 3.54. The van der Waals surface area contributed by atoms with Crippen LogP contribution in [0.25, 0.3) is 16.6 Å². The molecule has 0 aliphatic heterocycles. The summed E-state index contributed by atoms with van der Waals surface area (Å²) in [6.45, 7) is 5.04. The smallest absolute Gasteiger partial charge is 0.319 e. The van der Waals surface area contributed by atoms with Gasteiger partial charge in [0.05, 0.1) is 28.9 Å². The molecule has 0 spiro atoms. The van der Waals surface area contributed by atoms with Gasteiger partial charge < -0.3 is 25.4 Å². The van der Waals surface area contributed by atoms with Crippen LogP contribution in [-0.2, 0) is 0 Å². The summed E-state index contributed by atoms with van der Waals surface area (Å²) in [5.74, 6) is -1.71. The number of carbonyl (C=O) groups excluding carboxylic acids is 2. The van der Waals surface area contributed by atoms with Gasteiger partial charge in [0.2, 0.25) is 11.7 Å². The van der Waals surface area contributed by atoms with E-state index < -0.39 is 23.6 Å². The molecule has 0 aliphatic carbocycles. The first-order valence-corrected chi connectivity index (χ1v) is 14.8. The average molecular weight is 631 g/mol. The monoisotopic (exact) mass is 630 g/mol. The van der Waals surface area contributed by atoms with Gasteiger partial charge in [0.25, 0.3) is 5.91 Å². The number of hydrogen-bond acceptors (Lipinski definition) is 8. The summed E-state index contributed by atoms with van der Waals surface area (Å²) in [5, 5.41) is 12.7. The van der Waals surface area contributed by atoms with E-state index >= 15 is 4.39 Å². The van der Waals surface area contributed by atoms with Crippen molar-refractivity contribution >= 4 is 34.2 Å². The molecule has 5 aromatic rings. The quantitative estimate of drug-likeness (QED) is 0.123. The van der Waals surface area contributed by atoms with Crippen LogP contribution in [0, 0.1) is 11.6 Å². The summed E-state index contributed by atoms with van der Waals surface area (Å²) in [6, 6.07) is 12.3. The van der Waals surface area contributed by atoms with Crippen LogP contribution in [0.2, 0.25) is 0 Å². The molecule has 3 amide bonds. The van der Waals surface area contributed by atoms with E-state index in [-0.39, 0.29) is 23.1 Å². The van der Waals surface area contributed by atoms with Crippen LogP contribution in [0.4, 0.5) is 25.0 Å². The molecule has 0 atom stereocenters. The van der Waals surface area contributed by atoms with E-state index in [0.717, 1.165) is 31.7 Å². The maximum atomic E-state index is 15.2. The van der Waals surface area contributed by atoms with E-state index in [1.807, 2.05) is 13.8 Å². The number of halogens is 2. The van der Waals surface area contributed by atoms with E-state index in [4.69, 9.17) is 9.47 Å². The number of amides is 3. The molecule has 0 saturated heterocycles. The fourth-order valence-electron chi connectivity index (χ4n) is 4.27. The number of benzene rings is 3. The first kappa shape index (κ1) is 31.8. The minimum absolute atomic E-state index is 0.0470. The molecule has 3 N–H and O–H groups in total. The number of hydrogen-bond donors (Lipinski definition) is 3. The SMILES string of the molecule is CCCCNC(=O)Nc1cc2c(Oc3ccc(NC(=O)c4ncn(-c5ccc(F)cc5)n4)cc3F)ncnc2cc1OCCCC. The van der Waals surface area contributed by atoms with Gasteiger partial charge in [0.15, 0.2) is 11.6 Å². The topological polar surface area (TPSA) is 145 Å². The molecule has 0 bridgehead atoms. The number of carbonyl (C=O) groups is 2. The lowest BCUT2D eigenvalue weighted by atomic mass is 10.2. The molecule has 3 aromatic carbocycles. The minimum Gasteiger partial charge on any atom is -0.491 e. The Kier molecular flexibility index (Phi) is 10.3. The predicted molar refractivity (Wildman–Crippen MR) is 168 cm³/mol. The second kappa shape index (κ2) is 14.9. The predicted octanol–water partition coefficient (Wildman–Crippen LogP) is 6.63. The Morgan fingerprint density at radius 1 is 0.891 bits per heavy atom. The van der Waals surface area contributed by atoms with Gasteiger partial charge in [-0.15, -0.1) is 5.10 Å². The van der Waals surface area contributed by atoms with E-state index in [2.05, 4.69) is 36.0 Å². The molecule has 14 heteroatoms. The Morgan fingerprint density at radius 2 is 1.70 bits per heavy atom. The zero-order valence-electron chi connectivity index (χ0n) is 25.2. The summed E-state index contributed by atoms with van der Waals surface area (Å²) in [4.78, 5) is 37.8. The molecule has 12 nitrogen and oxygen atoms in total. The number of rotatable bonds is 13. The number of fused-ring (bicyclic) bond motifs is 1. The maximum Gasteiger partial charge on any atom is 0.319 e. The summed E-state index contributed by atoms with van der Waals surface area (Å²) < 4.78 is 41.5. The number of unbranched alkanes of at least 4 members (excludes halogenated alkanes) is 2. The summed E-state index contributed by atoms with van der Waals surface area (Å²) in [5.41, 5.74) is 1.49. The van der Waals surface area contributed by atoms with Crippen molar-refractivity contribution in [1.82, 2.24) is 30.0 Å². The standard InChI is InChI=1S/C32H32F2N8O4/c1-3-5-13-35-32(44)40-26-16-23-25(17-28(26)45-14-6-4-2)36-18-37-31(23)46-27-12-9-21(15-24(27)34)39-30(43)29-38-19-42(41-29)22-10-7-20(33)8-11-22/h7-12,15-19H,3-6,13-14H2,1-2H3,(H,39,43)(H2,35,40,44). The molecule has 238 valence electrons. The van der Waals surface area contributed by atoms with E-state index in [1.54, 1.807) is 12.1 Å². The molecule has 0 saturated carbocycles. The van der Waals surface area contributed by atoms with Crippen molar-refractivity contribution in [3.05, 3.63) is 84.7 Å². The number of aromatic nitrogens is 5. The molecule has 5 rings (SSSR count). The van der Waals surface area contributed by atoms with Gasteiger partial charge in [-0.25, -0.2) is 33.2 Å². The Labute approximate surface area is 263 Å². The lowest BCUT2D eigenvalue weighted by Crippen LogP contribution is -2.29. The van der Waals surface area contributed by atoms with Gasteiger partial charge >= 0.3 is 6.03 Å². The third-order valence-electron chi connectivity index (χ3n) is 6.70. The van der Waals surface area contributed by atoms with Crippen LogP contribution in [0.15, 0.2) is 67.3 Å². The van der Waals surface area contributed by atoms with Crippen LogP contribution < -0.4 is 25.4 Å².